The third-order valence-corrected chi connectivity index (χ3v) is 2.95. The number of nitrogens with zero attached hydrogens (tertiary/aromatic N) is 1. The van der Waals surface area contributed by atoms with Crippen LogP contribution in [0.25, 0.3) is 0 Å². The van der Waals surface area contributed by atoms with Crippen LogP contribution in [-0.4, -0.2) is 16.0 Å². The van der Waals surface area contributed by atoms with Crippen molar-refractivity contribution in [3.8, 4) is 5.75 Å². The number of halogens is 2. The van der Waals surface area contributed by atoms with Gasteiger partial charge in [-0.25, -0.2) is 4.98 Å². The number of benzene rings is 1. The molecular formula is C12H8BrClN2O2. The summed E-state index contributed by atoms with van der Waals surface area (Å²) in [5.74, 6) is 0.0362. The van der Waals surface area contributed by atoms with Crippen LogP contribution in [0.5, 0.6) is 5.75 Å². The number of hydrogen-bond acceptors (Lipinski definition) is 3. The molecule has 1 aromatic carbocycles. The number of rotatable bonds is 2. The van der Waals surface area contributed by atoms with Gasteiger partial charge in [-0.2, -0.15) is 0 Å². The van der Waals surface area contributed by atoms with Crippen LogP contribution in [0.3, 0.4) is 0 Å². The molecule has 1 aromatic heterocycles. The monoisotopic (exact) mass is 326 g/mol. The summed E-state index contributed by atoms with van der Waals surface area (Å²) in [4.78, 5) is 15.9. The van der Waals surface area contributed by atoms with Gasteiger partial charge in [0.1, 0.15) is 11.6 Å². The summed E-state index contributed by atoms with van der Waals surface area (Å²) in [6.45, 7) is 0. The van der Waals surface area contributed by atoms with Crippen molar-refractivity contribution in [2.45, 2.75) is 0 Å². The average molecular weight is 328 g/mol. The molecule has 4 nitrogen and oxygen atoms in total. The quantitative estimate of drug-likeness (QED) is 0.888. The Kier molecular flexibility index (Phi) is 3.84. The number of nitrogens with one attached hydrogen (secondary N) is 1. The van der Waals surface area contributed by atoms with Gasteiger partial charge in [0.25, 0.3) is 5.91 Å². The number of carbonyl (C=O) groups is 1. The number of aromatic hydroxyl groups is 1. The van der Waals surface area contributed by atoms with Crippen LogP contribution in [0.15, 0.2) is 41.0 Å². The highest BCUT2D eigenvalue weighted by Gasteiger charge is 2.09. The lowest BCUT2D eigenvalue weighted by Crippen LogP contribution is -2.12. The topological polar surface area (TPSA) is 62.2 Å². The number of pyridine rings is 1. The van der Waals surface area contributed by atoms with E-state index in [4.69, 9.17) is 11.6 Å². The van der Waals surface area contributed by atoms with E-state index in [-0.39, 0.29) is 16.7 Å². The van der Waals surface area contributed by atoms with Crippen molar-refractivity contribution in [1.82, 2.24) is 4.98 Å². The lowest BCUT2D eigenvalue weighted by atomic mass is 10.2. The number of hydrogen-bond donors (Lipinski definition) is 2. The first-order valence-corrected chi connectivity index (χ1v) is 6.15. The van der Waals surface area contributed by atoms with E-state index in [9.17, 15) is 9.90 Å². The van der Waals surface area contributed by atoms with Crippen molar-refractivity contribution in [2.75, 3.05) is 5.32 Å². The third kappa shape index (κ3) is 3.00. The second kappa shape index (κ2) is 5.37. The van der Waals surface area contributed by atoms with Gasteiger partial charge in [0.2, 0.25) is 0 Å². The van der Waals surface area contributed by atoms with E-state index in [2.05, 4.69) is 26.2 Å². The molecule has 6 heteroatoms. The van der Waals surface area contributed by atoms with E-state index in [0.717, 1.165) is 4.47 Å². The average Bonchev–Trinajstić information content (AvgIpc) is 2.35. The summed E-state index contributed by atoms with van der Waals surface area (Å²) in [7, 11) is 0. The molecule has 1 heterocycles. The second-order valence-corrected chi connectivity index (χ2v) is 4.80. The summed E-state index contributed by atoms with van der Waals surface area (Å²) in [5, 5.41) is 12.0. The van der Waals surface area contributed by atoms with Crippen LogP contribution >= 0.6 is 27.5 Å². The molecule has 2 aromatic rings. The number of phenols is 1. The van der Waals surface area contributed by atoms with Crippen molar-refractivity contribution in [3.05, 3.63) is 51.6 Å². The zero-order valence-corrected chi connectivity index (χ0v) is 11.4. The van der Waals surface area contributed by atoms with Gasteiger partial charge in [-0.15, -0.1) is 0 Å². The Labute approximate surface area is 117 Å². The van der Waals surface area contributed by atoms with Crippen molar-refractivity contribution in [1.29, 1.82) is 0 Å². The molecule has 0 unspecified atom stereocenters. The normalized spacial score (nSPS) is 10.1. The highest BCUT2D eigenvalue weighted by molar-refractivity contribution is 9.10. The van der Waals surface area contributed by atoms with Crippen LogP contribution < -0.4 is 5.32 Å². The van der Waals surface area contributed by atoms with Crippen molar-refractivity contribution in [2.24, 2.45) is 0 Å². The van der Waals surface area contributed by atoms with Gasteiger partial charge in [-0.05, 0) is 46.3 Å². The fourth-order valence-corrected chi connectivity index (χ4v) is 1.70. The van der Waals surface area contributed by atoms with Gasteiger partial charge in [-0.3, -0.25) is 4.79 Å². The lowest BCUT2D eigenvalue weighted by molar-refractivity contribution is 0.102. The number of aromatic nitrogens is 1. The maximum Gasteiger partial charge on any atom is 0.256 e. The molecule has 2 rings (SSSR count). The Morgan fingerprint density at radius 3 is 2.72 bits per heavy atom. The van der Waals surface area contributed by atoms with E-state index in [1.165, 1.54) is 18.2 Å². The molecule has 0 fully saturated rings. The molecule has 2 N–H and O–H groups in total. The van der Waals surface area contributed by atoms with Crippen LogP contribution in [0.4, 0.5) is 5.82 Å². The van der Waals surface area contributed by atoms with Crippen molar-refractivity contribution < 1.29 is 9.90 Å². The fraction of sp³-hybridized carbons (Fsp3) is 0. The predicted molar refractivity (Wildman–Crippen MR) is 73.0 cm³/mol. The molecule has 0 aliphatic carbocycles. The highest BCUT2D eigenvalue weighted by atomic mass is 79.9. The van der Waals surface area contributed by atoms with Gasteiger partial charge in [0.05, 0.1) is 5.02 Å². The van der Waals surface area contributed by atoms with E-state index >= 15 is 0 Å². The van der Waals surface area contributed by atoms with Crippen LogP contribution in [0, 0.1) is 0 Å². The minimum atomic E-state index is -0.341. The Morgan fingerprint density at radius 1 is 1.33 bits per heavy atom. The minimum Gasteiger partial charge on any atom is -0.506 e. The highest BCUT2D eigenvalue weighted by Crippen LogP contribution is 2.24. The molecule has 0 bridgehead atoms. The first-order valence-electron chi connectivity index (χ1n) is 4.97. The molecule has 0 aliphatic rings. The molecule has 0 saturated heterocycles. The summed E-state index contributed by atoms with van der Waals surface area (Å²) in [5.41, 5.74) is 0.350. The first-order chi connectivity index (χ1) is 8.56. The third-order valence-electron chi connectivity index (χ3n) is 2.18. The maximum absolute atomic E-state index is 11.9. The summed E-state index contributed by atoms with van der Waals surface area (Å²) < 4.78 is 0.827. The second-order valence-electron chi connectivity index (χ2n) is 3.48. The standard InChI is InChI=1S/C12H8BrClN2O2/c13-8-2-4-11(15-6-8)16-12(18)7-1-3-10(17)9(14)5-7/h1-6,17H,(H,15,16,18). The number of carbonyl (C=O) groups excluding carboxylic acids is 1. The molecule has 92 valence electrons. The van der Waals surface area contributed by atoms with E-state index < -0.39 is 0 Å². The van der Waals surface area contributed by atoms with Gasteiger partial charge >= 0.3 is 0 Å². The molecule has 0 atom stereocenters. The molecule has 18 heavy (non-hydrogen) atoms. The van der Waals surface area contributed by atoms with Gasteiger partial charge in [-0.1, -0.05) is 11.6 Å². The molecule has 0 spiro atoms. The van der Waals surface area contributed by atoms with Gasteiger partial charge < -0.3 is 10.4 Å². The molecular weight excluding hydrogens is 320 g/mol. The van der Waals surface area contributed by atoms with Gasteiger partial charge in [0, 0.05) is 16.2 Å². The van der Waals surface area contributed by atoms with E-state index in [1.807, 2.05) is 0 Å². The minimum absolute atomic E-state index is 0.0602. The lowest BCUT2D eigenvalue weighted by Gasteiger charge is -2.05. The number of phenolic OH excluding ortho intramolecular Hbond substituents is 1. The number of amides is 1. The van der Waals surface area contributed by atoms with Crippen molar-refractivity contribution >= 4 is 39.3 Å². The zero-order valence-electron chi connectivity index (χ0n) is 9.02. The van der Waals surface area contributed by atoms with Crippen LogP contribution in [0.1, 0.15) is 10.4 Å². The van der Waals surface area contributed by atoms with E-state index in [1.54, 1.807) is 18.3 Å². The SMILES string of the molecule is O=C(Nc1ccc(Br)cn1)c1ccc(O)c(Cl)c1. The summed E-state index contributed by atoms with van der Waals surface area (Å²) in [6.07, 6.45) is 1.58. The largest absolute Gasteiger partial charge is 0.506 e. The smallest absolute Gasteiger partial charge is 0.256 e. The first kappa shape index (κ1) is 12.9. The Morgan fingerprint density at radius 2 is 2.11 bits per heavy atom. The Bertz CT molecular complexity index is 587. The summed E-state index contributed by atoms with van der Waals surface area (Å²) in [6, 6.07) is 7.68. The summed E-state index contributed by atoms with van der Waals surface area (Å²) >= 11 is 8.98. The predicted octanol–water partition coefficient (Wildman–Crippen LogP) is 3.46. The zero-order chi connectivity index (χ0) is 13.1. The molecule has 0 saturated carbocycles. The van der Waals surface area contributed by atoms with Crippen LogP contribution in [-0.2, 0) is 0 Å². The Hall–Kier alpha value is -1.59. The molecule has 0 aliphatic heterocycles. The fourth-order valence-electron chi connectivity index (χ4n) is 1.29. The van der Waals surface area contributed by atoms with Gasteiger partial charge in [0.15, 0.2) is 0 Å². The van der Waals surface area contributed by atoms with Crippen molar-refractivity contribution in [3.63, 3.8) is 0 Å². The Balaban J connectivity index is 2.16. The van der Waals surface area contributed by atoms with Crippen LogP contribution in [0.2, 0.25) is 5.02 Å². The van der Waals surface area contributed by atoms with E-state index in [0.29, 0.717) is 11.4 Å². The maximum atomic E-state index is 11.9. The molecule has 0 radical (unpaired) electrons. The molecule has 1 amide bonds. The number of anilines is 1.